The van der Waals surface area contributed by atoms with Crippen molar-refractivity contribution < 1.29 is 13.9 Å². The van der Waals surface area contributed by atoms with E-state index < -0.39 is 0 Å². The zero-order valence-corrected chi connectivity index (χ0v) is 18.6. The maximum atomic E-state index is 14.0. The van der Waals surface area contributed by atoms with Crippen molar-refractivity contribution in [3.8, 4) is 16.9 Å². The highest BCUT2D eigenvalue weighted by Crippen LogP contribution is 2.30. The Morgan fingerprint density at radius 2 is 1.66 bits per heavy atom. The molecule has 1 heterocycles. The van der Waals surface area contributed by atoms with Crippen LogP contribution in [-0.2, 0) is 23.6 Å². The predicted molar refractivity (Wildman–Crippen MR) is 124 cm³/mol. The summed E-state index contributed by atoms with van der Waals surface area (Å²) < 4.78 is 27.4. The third-order valence-electron chi connectivity index (χ3n) is 4.96. The summed E-state index contributed by atoms with van der Waals surface area (Å²) in [6, 6.07) is 24.8. The number of methoxy groups -OCH3 is 1. The molecule has 0 aliphatic rings. The van der Waals surface area contributed by atoms with E-state index in [-0.39, 0.29) is 12.4 Å². The first-order chi connectivity index (χ1) is 15.8. The van der Waals surface area contributed by atoms with E-state index >= 15 is 0 Å². The summed E-state index contributed by atoms with van der Waals surface area (Å²) in [6.45, 7) is 1.36. The van der Waals surface area contributed by atoms with Crippen LogP contribution in [0.2, 0.25) is 0 Å². The number of rotatable bonds is 10. The second-order valence-corrected chi connectivity index (χ2v) is 8.02. The first kappa shape index (κ1) is 22.0. The van der Waals surface area contributed by atoms with Gasteiger partial charge in [-0.15, -0.1) is 10.2 Å². The lowest BCUT2D eigenvalue weighted by Gasteiger charge is -2.13. The lowest BCUT2D eigenvalue weighted by molar-refractivity contribution is 0.181. The average molecular weight is 450 g/mol. The van der Waals surface area contributed by atoms with Crippen molar-refractivity contribution in [2.75, 3.05) is 13.7 Å². The van der Waals surface area contributed by atoms with Crippen molar-refractivity contribution in [3.05, 3.63) is 96.1 Å². The molecule has 0 bridgehead atoms. The van der Waals surface area contributed by atoms with Gasteiger partial charge in [0.25, 0.3) is 0 Å². The van der Waals surface area contributed by atoms with E-state index in [1.807, 2.05) is 53.1 Å². The molecule has 0 saturated heterocycles. The van der Waals surface area contributed by atoms with Gasteiger partial charge in [-0.1, -0.05) is 78.5 Å². The molecule has 3 aromatic carbocycles. The number of ether oxygens (including phenoxy) is 2. The molecule has 0 radical (unpaired) electrons. The molecule has 1 aromatic heterocycles. The molecule has 4 aromatic rings. The third kappa shape index (κ3) is 5.36. The van der Waals surface area contributed by atoms with Crippen molar-refractivity contribution in [3.63, 3.8) is 0 Å². The van der Waals surface area contributed by atoms with Crippen LogP contribution in [0.4, 0.5) is 4.39 Å². The van der Waals surface area contributed by atoms with Crippen LogP contribution in [0.25, 0.3) is 11.1 Å². The average Bonchev–Trinajstić information content (AvgIpc) is 3.23. The highest BCUT2D eigenvalue weighted by Gasteiger charge is 2.15. The highest BCUT2D eigenvalue weighted by atomic mass is 32.2. The predicted octanol–water partition coefficient (Wildman–Crippen LogP) is 5.60. The number of benzene rings is 3. The SMILES string of the molecule is COCCn1c(COc2ccccc2-c2ccccc2)nnc1SCc1ccccc1F. The van der Waals surface area contributed by atoms with Gasteiger partial charge in [-0.2, -0.15) is 0 Å². The number of aromatic nitrogens is 3. The fourth-order valence-electron chi connectivity index (χ4n) is 3.29. The molecule has 0 N–H and O–H groups in total. The van der Waals surface area contributed by atoms with Crippen molar-refractivity contribution in [2.24, 2.45) is 0 Å². The van der Waals surface area contributed by atoms with E-state index in [2.05, 4.69) is 22.3 Å². The van der Waals surface area contributed by atoms with E-state index in [1.54, 1.807) is 19.2 Å². The molecule has 7 heteroatoms. The van der Waals surface area contributed by atoms with Gasteiger partial charge in [-0.3, -0.25) is 0 Å². The van der Waals surface area contributed by atoms with E-state index in [9.17, 15) is 4.39 Å². The van der Waals surface area contributed by atoms with Gasteiger partial charge in [-0.05, 0) is 23.3 Å². The summed E-state index contributed by atoms with van der Waals surface area (Å²) in [4.78, 5) is 0. The summed E-state index contributed by atoms with van der Waals surface area (Å²) in [5.41, 5.74) is 2.74. The Kier molecular flexibility index (Phi) is 7.53. The number of hydrogen-bond acceptors (Lipinski definition) is 5. The van der Waals surface area contributed by atoms with Gasteiger partial charge in [0, 0.05) is 25.0 Å². The van der Waals surface area contributed by atoms with Crippen LogP contribution >= 0.6 is 11.8 Å². The Bertz CT molecular complexity index is 1150. The van der Waals surface area contributed by atoms with Gasteiger partial charge in [0.15, 0.2) is 11.0 Å². The van der Waals surface area contributed by atoms with Crippen molar-refractivity contribution in [2.45, 2.75) is 24.1 Å². The Morgan fingerprint density at radius 3 is 2.47 bits per heavy atom. The summed E-state index contributed by atoms with van der Waals surface area (Å²) in [6.07, 6.45) is 0. The van der Waals surface area contributed by atoms with Crippen LogP contribution in [-0.4, -0.2) is 28.5 Å². The Labute approximate surface area is 191 Å². The van der Waals surface area contributed by atoms with Crippen LogP contribution in [0.5, 0.6) is 5.75 Å². The molecule has 0 fully saturated rings. The molecule has 0 amide bonds. The van der Waals surface area contributed by atoms with Crippen LogP contribution < -0.4 is 4.74 Å². The molecule has 5 nitrogen and oxygen atoms in total. The van der Waals surface area contributed by atoms with Gasteiger partial charge < -0.3 is 14.0 Å². The summed E-state index contributed by atoms with van der Waals surface area (Å²) in [5, 5.41) is 9.37. The maximum Gasteiger partial charge on any atom is 0.191 e. The molecule has 0 saturated carbocycles. The molecule has 0 aliphatic carbocycles. The van der Waals surface area contributed by atoms with Gasteiger partial charge >= 0.3 is 0 Å². The largest absolute Gasteiger partial charge is 0.485 e. The van der Waals surface area contributed by atoms with Crippen LogP contribution in [0.15, 0.2) is 84.0 Å². The smallest absolute Gasteiger partial charge is 0.191 e. The monoisotopic (exact) mass is 449 g/mol. The van der Waals surface area contributed by atoms with Gasteiger partial charge in [-0.25, -0.2) is 4.39 Å². The Morgan fingerprint density at radius 1 is 0.906 bits per heavy atom. The summed E-state index contributed by atoms with van der Waals surface area (Å²) >= 11 is 1.45. The zero-order valence-electron chi connectivity index (χ0n) is 17.8. The van der Waals surface area contributed by atoms with E-state index in [0.29, 0.717) is 35.4 Å². The minimum Gasteiger partial charge on any atom is -0.485 e. The lowest BCUT2D eigenvalue weighted by Crippen LogP contribution is -2.12. The van der Waals surface area contributed by atoms with Gasteiger partial charge in [0.2, 0.25) is 0 Å². The van der Waals surface area contributed by atoms with Crippen molar-refractivity contribution in [1.82, 2.24) is 14.8 Å². The normalized spacial score (nSPS) is 10.9. The first-order valence-electron chi connectivity index (χ1n) is 10.3. The lowest BCUT2D eigenvalue weighted by atomic mass is 10.1. The molecule has 0 aliphatic heterocycles. The van der Waals surface area contributed by atoms with Crippen LogP contribution in [0.3, 0.4) is 0 Å². The highest BCUT2D eigenvalue weighted by molar-refractivity contribution is 7.98. The number of para-hydroxylation sites is 1. The molecule has 0 unspecified atom stereocenters. The van der Waals surface area contributed by atoms with E-state index in [4.69, 9.17) is 9.47 Å². The van der Waals surface area contributed by atoms with E-state index in [0.717, 1.165) is 16.9 Å². The topological polar surface area (TPSA) is 49.2 Å². The molecular weight excluding hydrogens is 425 g/mol. The van der Waals surface area contributed by atoms with Crippen molar-refractivity contribution in [1.29, 1.82) is 0 Å². The number of hydrogen-bond donors (Lipinski definition) is 0. The molecule has 32 heavy (non-hydrogen) atoms. The van der Waals surface area contributed by atoms with Gasteiger partial charge in [0.1, 0.15) is 18.2 Å². The third-order valence-corrected chi connectivity index (χ3v) is 5.97. The fourth-order valence-corrected chi connectivity index (χ4v) is 4.26. The molecular formula is C25H24FN3O2S. The van der Waals surface area contributed by atoms with Crippen LogP contribution in [0, 0.1) is 5.82 Å². The Hall–Kier alpha value is -3.16. The van der Waals surface area contributed by atoms with Crippen molar-refractivity contribution >= 4 is 11.8 Å². The minimum atomic E-state index is -0.218. The van der Waals surface area contributed by atoms with Gasteiger partial charge in [0.05, 0.1) is 6.61 Å². The molecule has 0 spiro atoms. The molecule has 4 rings (SSSR count). The maximum absolute atomic E-state index is 14.0. The molecule has 0 atom stereocenters. The van der Waals surface area contributed by atoms with E-state index in [1.165, 1.54) is 17.8 Å². The Balaban J connectivity index is 1.51. The fraction of sp³-hybridized carbons (Fsp3) is 0.200. The minimum absolute atomic E-state index is 0.218. The second-order valence-electron chi connectivity index (χ2n) is 7.07. The first-order valence-corrected chi connectivity index (χ1v) is 11.3. The molecule has 164 valence electrons. The number of nitrogens with zero attached hydrogens (tertiary/aromatic N) is 3. The summed E-state index contributed by atoms with van der Waals surface area (Å²) in [7, 11) is 1.66. The number of thioether (sulfide) groups is 1. The second kappa shape index (κ2) is 10.9. The van der Waals surface area contributed by atoms with Crippen LogP contribution in [0.1, 0.15) is 11.4 Å². The number of halogens is 1. The zero-order chi connectivity index (χ0) is 22.2. The standard InChI is InChI=1S/C25H24FN3O2S/c1-30-16-15-29-24(27-28-25(29)32-18-20-11-5-7-13-22(20)26)17-31-23-14-8-6-12-21(23)19-9-3-2-4-10-19/h2-14H,15-18H2,1H3. The quantitative estimate of drug-likeness (QED) is 0.295. The summed E-state index contributed by atoms with van der Waals surface area (Å²) in [5.74, 6) is 1.72.